The molecular weight excluding hydrogens is 268 g/mol. The van der Waals surface area contributed by atoms with Crippen LogP contribution < -0.4 is 0 Å². The Morgan fingerprint density at radius 2 is 2.00 bits per heavy atom. The van der Waals surface area contributed by atoms with Crippen LogP contribution in [0, 0.1) is 11.8 Å². The summed E-state index contributed by atoms with van der Waals surface area (Å²) in [5.41, 5.74) is 1.13. The molecule has 1 fully saturated rings. The predicted molar refractivity (Wildman–Crippen MR) is 83.7 cm³/mol. The van der Waals surface area contributed by atoms with Crippen molar-refractivity contribution in [1.29, 1.82) is 0 Å². The van der Waals surface area contributed by atoms with Crippen LogP contribution in [-0.4, -0.2) is 27.8 Å². The standard InChI is InChI=1S/C16H20N2OS/c1-10(2)13-9-20-16-17-14(11(3)15(19)18(13)16)12-7-5-4-6-8-12/h4-8,10-11,13-14H,9H2,1-3H3/t11-,13-,14+/m1/s1. The number of hydrogen-bond donors (Lipinski definition) is 0. The van der Waals surface area contributed by atoms with Crippen LogP contribution in [0.3, 0.4) is 0 Å². The first-order valence-electron chi connectivity index (χ1n) is 7.18. The molecule has 3 atom stereocenters. The summed E-state index contributed by atoms with van der Waals surface area (Å²) in [5.74, 6) is 1.59. The molecule has 3 rings (SSSR count). The summed E-state index contributed by atoms with van der Waals surface area (Å²) in [6, 6.07) is 10.4. The summed E-state index contributed by atoms with van der Waals surface area (Å²) in [5, 5.41) is 0.917. The van der Waals surface area contributed by atoms with Gasteiger partial charge in [0.1, 0.15) is 0 Å². The fourth-order valence-electron chi connectivity index (χ4n) is 2.89. The number of aliphatic imine (C=N–C) groups is 1. The number of amidine groups is 1. The molecule has 0 aromatic heterocycles. The van der Waals surface area contributed by atoms with Gasteiger partial charge in [0.25, 0.3) is 0 Å². The van der Waals surface area contributed by atoms with Crippen molar-refractivity contribution in [2.75, 3.05) is 5.75 Å². The molecule has 2 aliphatic rings. The summed E-state index contributed by atoms with van der Waals surface area (Å²) >= 11 is 1.72. The van der Waals surface area contributed by atoms with Crippen LogP contribution in [-0.2, 0) is 4.79 Å². The molecule has 0 aliphatic carbocycles. The Labute approximate surface area is 124 Å². The maximum Gasteiger partial charge on any atom is 0.234 e. The normalized spacial score (nSPS) is 29.6. The van der Waals surface area contributed by atoms with Crippen LogP contribution in [0.25, 0.3) is 0 Å². The second-order valence-corrected chi connectivity index (χ2v) is 6.87. The van der Waals surface area contributed by atoms with Gasteiger partial charge in [0.05, 0.1) is 18.0 Å². The number of fused-ring (bicyclic) bond motifs is 1. The smallest absolute Gasteiger partial charge is 0.234 e. The summed E-state index contributed by atoms with van der Waals surface area (Å²) < 4.78 is 0. The quantitative estimate of drug-likeness (QED) is 0.836. The van der Waals surface area contributed by atoms with Crippen molar-refractivity contribution in [3.8, 4) is 0 Å². The number of amides is 1. The fourth-order valence-corrected chi connectivity index (χ4v) is 4.30. The number of carbonyl (C=O) groups is 1. The van der Waals surface area contributed by atoms with E-state index in [0.29, 0.717) is 12.0 Å². The lowest BCUT2D eigenvalue weighted by atomic mass is 9.91. The van der Waals surface area contributed by atoms with Crippen LogP contribution in [0.4, 0.5) is 0 Å². The van der Waals surface area contributed by atoms with Gasteiger partial charge in [-0.25, -0.2) is 0 Å². The Hall–Kier alpha value is -1.29. The summed E-state index contributed by atoms with van der Waals surface area (Å²) in [6.07, 6.45) is 0. The number of carbonyl (C=O) groups excluding carboxylic acids is 1. The van der Waals surface area contributed by atoms with Gasteiger partial charge < -0.3 is 0 Å². The molecule has 106 valence electrons. The van der Waals surface area contributed by atoms with Crippen molar-refractivity contribution >= 4 is 22.8 Å². The van der Waals surface area contributed by atoms with Gasteiger partial charge >= 0.3 is 0 Å². The van der Waals surface area contributed by atoms with Crippen molar-refractivity contribution in [3.63, 3.8) is 0 Å². The van der Waals surface area contributed by atoms with Gasteiger partial charge in [0, 0.05) is 5.75 Å². The molecule has 3 nitrogen and oxygen atoms in total. The molecule has 2 aliphatic heterocycles. The highest BCUT2D eigenvalue weighted by Gasteiger charge is 2.44. The molecular formula is C16H20N2OS. The maximum atomic E-state index is 12.7. The van der Waals surface area contributed by atoms with E-state index in [1.807, 2.05) is 30.0 Å². The second-order valence-electron chi connectivity index (χ2n) is 5.89. The van der Waals surface area contributed by atoms with Crippen LogP contribution in [0.5, 0.6) is 0 Å². The third-order valence-corrected chi connectivity index (χ3v) is 5.25. The minimum absolute atomic E-state index is 0.0339. The molecule has 0 saturated carbocycles. The van der Waals surface area contributed by atoms with Crippen molar-refractivity contribution in [3.05, 3.63) is 35.9 Å². The van der Waals surface area contributed by atoms with E-state index in [9.17, 15) is 4.79 Å². The Balaban J connectivity index is 1.97. The van der Waals surface area contributed by atoms with Crippen molar-refractivity contribution in [1.82, 2.24) is 4.90 Å². The van der Waals surface area contributed by atoms with Crippen LogP contribution in [0.1, 0.15) is 32.4 Å². The molecule has 4 heteroatoms. The van der Waals surface area contributed by atoms with Crippen LogP contribution >= 0.6 is 11.8 Å². The van der Waals surface area contributed by atoms with E-state index < -0.39 is 0 Å². The van der Waals surface area contributed by atoms with E-state index in [2.05, 4.69) is 26.0 Å². The lowest BCUT2D eigenvalue weighted by molar-refractivity contribution is -0.134. The first-order valence-corrected chi connectivity index (χ1v) is 8.16. The zero-order valence-electron chi connectivity index (χ0n) is 12.1. The highest BCUT2D eigenvalue weighted by molar-refractivity contribution is 8.14. The van der Waals surface area contributed by atoms with Crippen molar-refractivity contribution < 1.29 is 4.79 Å². The number of thioether (sulfide) groups is 1. The summed E-state index contributed by atoms with van der Waals surface area (Å²) in [7, 11) is 0. The van der Waals surface area contributed by atoms with Gasteiger partial charge in [-0.15, -0.1) is 0 Å². The molecule has 1 aromatic carbocycles. The lowest BCUT2D eigenvalue weighted by Gasteiger charge is -2.35. The predicted octanol–water partition coefficient (Wildman–Crippen LogP) is 3.33. The minimum Gasteiger partial charge on any atom is -0.287 e. The highest BCUT2D eigenvalue weighted by atomic mass is 32.2. The number of benzene rings is 1. The maximum absolute atomic E-state index is 12.7. The number of rotatable bonds is 2. The Morgan fingerprint density at radius 1 is 1.30 bits per heavy atom. The molecule has 0 spiro atoms. The van der Waals surface area contributed by atoms with E-state index >= 15 is 0 Å². The minimum atomic E-state index is -0.0823. The van der Waals surface area contributed by atoms with Gasteiger partial charge in [0.2, 0.25) is 5.91 Å². The van der Waals surface area contributed by atoms with Gasteiger partial charge in [-0.2, -0.15) is 0 Å². The average Bonchev–Trinajstić information content (AvgIpc) is 2.88. The van der Waals surface area contributed by atoms with Gasteiger partial charge in [-0.05, 0) is 11.5 Å². The zero-order valence-corrected chi connectivity index (χ0v) is 12.9. The SMILES string of the molecule is CC(C)[C@H]1CSC2=N[C@H](c3ccccc3)[C@@H](C)C(=O)N21. The van der Waals surface area contributed by atoms with Crippen LogP contribution in [0.15, 0.2) is 35.3 Å². The molecule has 1 aromatic rings. The van der Waals surface area contributed by atoms with E-state index in [1.165, 1.54) is 0 Å². The average molecular weight is 288 g/mol. The van der Waals surface area contributed by atoms with Crippen LogP contribution in [0.2, 0.25) is 0 Å². The molecule has 2 heterocycles. The highest BCUT2D eigenvalue weighted by Crippen LogP contribution is 2.39. The molecule has 0 bridgehead atoms. The zero-order chi connectivity index (χ0) is 14.3. The third-order valence-electron chi connectivity index (χ3n) is 4.18. The Kier molecular flexibility index (Phi) is 3.59. The van der Waals surface area contributed by atoms with E-state index in [4.69, 9.17) is 4.99 Å². The number of hydrogen-bond acceptors (Lipinski definition) is 3. The molecule has 0 radical (unpaired) electrons. The van der Waals surface area contributed by atoms with Gasteiger partial charge in [-0.3, -0.25) is 14.7 Å². The van der Waals surface area contributed by atoms with Crippen molar-refractivity contribution in [2.45, 2.75) is 32.9 Å². The molecule has 0 N–H and O–H groups in total. The number of nitrogens with zero attached hydrogens (tertiary/aromatic N) is 2. The third kappa shape index (κ3) is 2.16. The van der Waals surface area contributed by atoms with E-state index in [-0.39, 0.29) is 17.9 Å². The Morgan fingerprint density at radius 3 is 2.65 bits per heavy atom. The van der Waals surface area contributed by atoms with E-state index in [0.717, 1.165) is 16.5 Å². The summed E-state index contributed by atoms with van der Waals surface area (Å²) in [4.78, 5) is 19.5. The first-order chi connectivity index (χ1) is 9.59. The van der Waals surface area contributed by atoms with Gasteiger partial charge in [0.15, 0.2) is 5.17 Å². The second kappa shape index (κ2) is 5.24. The van der Waals surface area contributed by atoms with Gasteiger partial charge in [-0.1, -0.05) is 62.9 Å². The lowest BCUT2D eigenvalue weighted by Crippen LogP contribution is -2.48. The molecule has 20 heavy (non-hydrogen) atoms. The molecule has 1 saturated heterocycles. The molecule has 0 unspecified atom stereocenters. The first kappa shape index (κ1) is 13.7. The largest absolute Gasteiger partial charge is 0.287 e. The summed E-state index contributed by atoms with van der Waals surface area (Å²) in [6.45, 7) is 6.35. The monoisotopic (exact) mass is 288 g/mol. The fraction of sp³-hybridized carbons (Fsp3) is 0.500. The van der Waals surface area contributed by atoms with Crippen molar-refractivity contribution in [2.24, 2.45) is 16.8 Å². The Bertz CT molecular complexity index is 541. The topological polar surface area (TPSA) is 32.7 Å². The molecule has 1 amide bonds. The van der Waals surface area contributed by atoms with E-state index in [1.54, 1.807) is 11.8 Å².